The van der Waals surface area contributed by atoms with Gasteiger partial charge < -0.3 is 14.6 Å². The molecule has 24 heavy (non-hydrogen) atoms. The number of nitrogens with one attached hydrogen (secondary N) is 1. The fourth-order valence-electron chi connectivity index (χ4n) is 2.53. The van der Waals surface area contributed by atoms with Gasteiger partial charge >= 0.3 is 0 Å². The quantitative estimate of drug-likeness (QED) is 0.678. The van der Waals surface area contributed by atoms with Crippen LogP contribution in [0, 0.1) is 0 Å². The van der Waals surface area contributed by atoms with E-state index in [9.17, 15) is 4.79 Å². The average Bonchev–Trinajstić information content (AvgIpc) is 3.06. The Morgan fingerprint density at radius 3 is 2.88 bits per heavy atom. The zero-order valence-electron chi connectivity index (χ0n) is 13.7. The SMILES string of the molecule is CN(CCCCNC(=O)c1cn2ccncc2n1)c1ccccc1. The molecule has 2 aromatic heterocycles. The van der Waals surface area contributed by atoms with Gasteiger partial charge in [0.15, 0.2) is 5.65 Å². The first-order chi connectivity index (χ1) is 11.7. The Kier molecular flexibility index (Phi) is 5.05. The second-order valence-corrected chi connectivity index (χ2v) is 5.69. The van der Waals surface area contributed by atoms with Gasteiger partial charge in [0.05, 0.1) is 6.20 Å². The summed E-state index contributed by atoms with van der Waals surface area (Å²) in [4.78, 5) is 22.6. The van der Waals surface area contributed by atoms with E-state index in [4.69, 9.17) is 0 Å². The Morgan fingerprint density at radius 2 is 2.08 bits per heavy atom. The first-order valence-corrected chi connectivity index (χ1v) is 8.07. The molecule has 0 bridgehead atoms. The summed E-state index contributed by atoms with van der Waals surface area (Å²) in [7, 11) is 2.08. The lowest BCUT2D eigenvalue weighted by atomic mass is 10.2. The van der Waals surface area contributed by atoms with Crippen LogP contribution in [0.15, 0.2) is 55.1 Å². The molecule has 3 aromatic rings. The Morgan fingerprint density at radius 1 is 1.25 bits per heavy atom. The molecule has 0 aliphatic carbocycles. The summed E-state index contributed by atoms with van der Waals surface area (Å²) in [6.07, 6.45) is 8.74. The molecule has 3 rings (SSSR count). The van der Waals surface area contributed by atoms with Gasteiger partial charge in [-0.25, -0.2) is 4.98 Å². The van der Waals surface area contributed by atoms with Gasteiger partial charge in [0.2, 0.25) is 0 Å². The number of benzene rings is 1. The third-order valence-electron chi connectivity index (χ3n) is 3.90. The fourth-order valence-corrected chi connectivity index (χ4v) is 2.53. The minimum atomic E-state index is -0.143. The Hall–Kier alpha value is -2.89. The zero-order chi connectivity index (χ0) is 16.8. The van der Waals surface area contributed by atoms with Crippen molar-refractivity contribution in [3.8, 4) is 0 Å². The molecule has 0 radical (unpaired) electrons. The molecule has 0 spiro atoms. The van der Waals surface area contributed by atoms with Gasteiger partial charge in [0, 0.05) is 44.4 Å². The molecule has 0 aliphatic heterocycles. The predicted octanol–water partition coefficient (Wildman–Crippen LogP) is 2.38. The highest BCUT2D eigenvalue weighted by molar-refractivity contribution is 5.92. The largest absolute Gasteiger partial charge is 0.375 e. The van der Waals surface area contributed by atoms with Crippen molar-refractivity contribution < 1.29 is 4.79 Å². The monoisotopic (exact) mass is 323 g/mol. The number of nitrogens with zero attached hydrogens (tertiary/aromatic N) is 4. The van der Waals surface area contributed by atoms with Crippen LogP contribution in [0.3, 0.4) is 0 Å². The fraction of sp³-hybridized carbons (Fsp3) is 0.278. The van der Waals surface area contributed by atoms with E-state index in [0.717, 1.165) is 19.4 Å². The summed E-state index contributed by atoms with van der Waals surface area (Å²) >= 11 is 0. The first-order valence-electron chi connectivity index (χ1n) is 8.07. The van der Waals surface area contributed by atoms with Gasteiger partial charge in [-0.2, -0.15) is 0 Å². The van der Waals surface area contributed by atoms with Gasteiger partial charge in [0.25, 0.3) is 5.91 Å². The van der Waals surface area contributed by atoms with E-state index < -0.39 is 0 Å². The maximum Gasteiger partial charge on any atom is 0.271 e. The van der Waals surface area contributed by atoms with Gasteiger partial charge in [-0.1, -0.05) is 18.2 Å². The summed E-state index contributed by atoms with van der Waals surface area (Å²) < 4.78 is 1.79. The van der Waals surface area contributed by atoms with Gasteiger partial charge in [0.1, 0.15) is 5.69 Å². The molecule has 0 saturated heterocycles. The maximum atomic E-state index is 12.1. The second-order valence-electron chi connectivity index (χ2n) is 5.69. The highest BCUT2D eigenvalue weighted by Gasteiger charge is 2.09. The van der Waals surface area contributed by atoms with Crippen LogP contribution < -0.4 is 10.2 Å². The number of carbonyl (C=O) groups is 1. The lowest BCUT2D eigenvalue weighted by Crippen LogP contribution is -2.26. The standard InChI is InChI=1S/C18H21N5O/c1-22(15-7-3-2-4-8-15)11-6-5-9-20-18(24)16-14-23-12-10-19-13-17(23)21-16/h2-4,7-8,10,12-14H,5-6,9,11H2,1H3,(H,20,24). The maximum absolute atomic E-state index is 12.1. The molecule has 2 heterocycles. The van der Waals surface area contributed by atoms with E-state index in [1.807, 2.05) is 18.2 Å². The normalized spacial score (nSPS) is 10.7. The summed E-state index contributed by atoms with van der Waals surface area (Å²) in [5.41, 5.74) is 2.30. The van der Waals surface area contributed by atoms with Crippen molar-refractivity contribution in [3.63, 3.8) is 0 Å². The predicted molar refractivity (Wildman–Crippen MR) is 94.3 cm³/mol. The molecule has 0 atom stereocenters. The average molecular weight is 323 g/mol. The molecule has 0 unspecified atom stereocenters. The third-order valence-corrected chi connectivity index (χ3v) is 3.90. The molecular formula is C18H21N5O. The second kappa shape index (κ2) is 7.59. The van der Waals surface area contributed by atoms with Crippen LogP contribution in [0.2, 0.25) is 0 Å². The molecule has 0 fully saturated rings. The molecular weight excluding hydrogens is 302 g/mol. The van der Waals surface area contributed by atoms with Crippen molar-refractivity contribution in [3.05, 3.63) is 60.8 Å². The number of imidazole rings is 1. The molecule has 6 heteroatoms. The highest BCUT2D eigenvalue weighted by Crippen LogP contribution is 2.11. The molecule has 0 aliphatic rings. The molecule has 1 amide bonds. The Labute approximate surface area is 141 Å². The number of unbranched alkanes of at least 4 members (excludes halogenated alkanes) is 1. The summed E-state index contributed by atoms with van der Waals surface area (Å²) in [5.74, 6) is -0.143. The van der Waals surface area contributed by atoms with Crippen LogP contribution in [0.25, 0.3) is 5.65 Å². The molecule has 0 saturated carbocycles. The van der Waals surface area contributed by atoms with Gasteiger partial charge in [-0.15, -0.1) is 0 Å². The number of fused-ring (bicyclic) bond motifs is 1. The Balaban J connectivity index is 1.41. The third kappa shape index (κ3) is 3.90. The number of aromatic nitrogens is 3. The van der Waals surface area contributed by atoms with Crippen LogP contribution in [-0.4, -0.2) is 40.4 Å². The van der Waals surface area contributed by atoms with Gasteiger partial charge in [-0.3, -0.25) is 9.78 Å². The Bertz CT molecular complexity index is 766. The minimum Gasteiger partial charge on any atom is -0.375 e. The van der Waals surface area contributed by atoms with Gasteiger partial charge in [-0.05, 0) is 25.0 Å². The van der Waals surface area contributed by atoms with E-state index in [-0.39, 0.29) is 5.91 Å². The van der Waals surface area contributed by atoms with Crippen LogP contribution in [-0.2, 0) is 0 Å². The van der Waals surface area contributed by atoms with Crippen molar-refractivity contribution in [1.29, 1.82) is 0 Å². The number of hydrogen-bond acceptors (Lipinski definition) is 4. The topological polar surface area (TPSA) is 62.5 Å². The number of para-hydroxylation sites is 1. The van der Waals surface area contributed by atoms with Crippen LogP contribution in [0.1, 0.15) is 23.3 Å². The molecule has 124 valence electrons. The zero-order valence-corrected chi connectivity index (χ0v) is 13.7. The van der Waals surface area contributed by atoms with Crippen LogP contribution in [0.4, 0.5) is 5.69 Å². The van der Waals surface area contributed by atoms with Crippen molar-refractivity contribution >= 4 is 17.2 Å². The van der Waals surface area contributed by atoms with E-state index >= 15 is 0 Å². The smallest absolute Gasteiger partial charge is 0.271 e. The van der Waals surface area contributed by atoms with Crippen molar-refractivity contribution in [2.75, 3.05) is 25.0 Å². The van der Waals surface area contributed by atoms with Crippen molar-refractivity contribution in [2.24, 2.45) is 0 Å². The van der Waals surface area contributed by atoms with E-state index in [2.05, 4.69) is 39.4 Å². The lowest BCUT2D eigenvalue weighted by molar-refractivity contribution is 0.0948. The number of hydrogen-bond donors (Lipinski definition) is 1. The minimum absolute atomic E-state index is 0.143. The molecule has 6 nitrogen and oxygen atoms in total. The van der Waals surface area contributed by atoms with E-state index in [0.29, 0.717) is 17.9 Å². The first kappa shape index (κ1) is 16.0. The lowest BCUT2D eigenvalue weighted by Gasteiger charge is -2.19. The van der Waals surface area contributed by atoms with Crippen molar-refractivity contribution in [2.45, 2.75) is 12.8 Å². The van der Waals surface area contributed by atoms with Crippen molar-refractivity contribution in [1.82, 2.24) is 19.7 Å². The van der Waals surface area contributed by atoms with E-state index in [1.165, 1.54) is 5.69 Å². The number of anilines is 1. The van der Waals surface area contributed by atoms with E-state index in [1.54, 1.807) is 29.2 Å². The number of carbonyl (C=O) groups excluding carboxylic acids is 1. The summed E-state index contributed by atoms with van der Waals surface area (Å²) in [5, 5.41) is 2.92. The molecule has 1 N–H and O–H groups in total. The van der Waals surface area contributed by atoms with Crippen LogP contribution >= 0.6 is 0 Å². The number of rotatable bonds is 7. The van der Waals surface area contributed by atoms with Crippen LogP contribution in [0.5, 0.6) is 0 Å². The summed E-state index contributed by atoms with van der Waals surface area (Å²) in [6.45, 7) is 1.60. The summed E-state index contributed by atoms with van der Waals surface area (Å²) in [6, 6.07) is 10.3. The number of amides is 1. The highest BCUT2D eigenvalue weighted by atomic mass is 16.1. The molecule has 1 aromatic carbocycles.